The lowest BCUT2D eigenvalue weighted by atomic mass is 9.98. The molecule has 6 nitrogen and oxygen atoms in total. The van der Waals surface area contributed by atoms with E-state index in [9.17, 15) is 13.2 Å². The fourth-order valence-electron chi connectivity index (χ4n) is 2.95. The van der Waals surface area contributed by atoms with Crippen molar-refractivity contribution in [2.45, 2.75) is 31.6 Å². The molecule has 2 rings (SSSR count). The van der Waals surface area contributed by atoms with E-state index in [-0.39, 0.29) is 10.5 Å². The van der Waals surface area contributed by atoms with Crippen LogP contribution in [0.1, 0.15) is 35.7 Å². The Balaban J connectivity index is 2.07. The molecule has 0 spiro atoms. The zero-order chi connectivity index (χ0) is 17.0. The number of nitrogens with two attached hydrogens (primary N) is 1. The largest absolute Gasteiger partial charge is 0.366 e. The number of amides is 1. The van der Waals surface area contributed by atoms with Gasteiger partial charge in [-0.15, -0.1) is 0 Å². The summed E-state index contributed by atoms with van der Waals surface area (Å²) in [5.74, 6) is -0.301. The molecule has 0 saturated carbocycles. The summed E-state index contributed by atoms with van der Waals surface area (Å²) in [7, 11) is -3.63. The minimum absolute atomic E-state index is 0.0834. The van der Waals surface area contributed by atoms with Crippen LogP contribution in [0.2, 0.25) is 0 Å². The molecule has 0 aliphatic carbocycles. The van der Waals surface area contributed by atoms with Crippen LogP contribution in [0.25, 0.3) is 0 Å². The van der Waals surface area contributed by atoms with Crippen LogP contribution in [0, 0.1) is 12.8 Å². The molecular formula is C16H25N3O3S. The van der Waals surface area contributed by atoms with Crippen LogP contribution >= 0.6 is 0 Å². The number of carbonyl (C=O) groups excluding carboxylic acids is 1. The first-order chi connectivity index (χ1) is 10.8. The molecule has 1 atom stereocenters. The van der Waals surface area contributed by atoms with Crippen LogP contribution in [0.15, 0.2) is 23.1 Å². The van der Waals surface area contributed by atoms with Gasteiger partial charge in [-0.3, -0.25) is 4.79 Å². The normalized spacial score (nSPS) is 19.7. The van der Waals surface area contributed by atoms with Gasteiger partial charge in [0.1, 0.15) is 0 Å². The second-order valence-electron chi connectivity index (χ2n) is 6.09. The van der Waals surface area contributed by atoms with Crippen molar-refractivity contribution in [3.63, 3.8) is 0 Å². The molecule has 1 amide bonds. The molecular weight excluding hydrogens is 314 g/mol. The van der Waals surface area contributed by atoms with Crippen LogP contribution in [-0.2, 0) is 10.0 Å². The number of rotatable bonds is 6. The molecule has 1 aromatic rings. The van der Waals surface area contributed by atoms with E-state index >= 15 is 0 Å². The fraction of sp³-hybridized carbons (Fsp3) is 0.562. The molecule has 0 unspecified atom stereocenters. The second kappa shape index (κ2) is 7.42. The van der Waals surface area contributed by atoms with Gasteiger partial charge in [-0.1, -0.05) is 13.0 Å². The maximum Gasteiger partial charge on any atom is 0.249 e. The Kier molecular flexibility index (Phi) is 5.78. The molecule has 1 aliphatic rings. The van der Waals surface area contributed by atoms with E-state index in [0.717, 1.165) is 32.5 Å². The van der Waals surface area contributed by atoms with Gasteiger partial charge in [-0.05, 0) is 56.5 Å². The van der Waals surface area contributed by atoms with E-state index in [1.165, 1.54) is 12.1 Å². The number of hydrogen-bond donors (Lipinski definition) is 2. The van der Waals surface area contributed by atoms with Crippen LogP contribution < -0.4 is 10.5 Å². The zero-order valence-electron chi connectivity index (χ0n) is 13.7. The number of primary amides is 1. The third-order valence-electron chi connectivity index (χ3n) is 4.40. The van der Waals surface area contributed by atoms with Crippen molar-refractivity contribution in [2.75, 3.05) is 26.2 Å². The second-order valence-corrected chi connectivity index (χ2v) is 7.86. The molecule has 0 bridgehead atoms. The van der Waals surface area contributed by atoms with E-state index in [1.807, 2.05) is 0 Å². The zero-order valence-corrected chi connectivity index (χ0v) is 14.5. The van der Waals surface area contributed by atoms with Crippen LogP contribution in [-0.4, -0.2) is 45.4 Å². The van der Waals surface area contributed by atoms with Gasteiger partial charge >= 0.3 is 0 Å². The number of carbonyl (C=O) groups is 1. The van der Waals surface area contributed by atoms with Crippen molar-refractivity contribution in [1.29, 1.82) is 0 Å². The molecule has 0 radical (unpaired) electrons. The van der Waals surface area contributed by atoms with E-state index < -0.39 is 15.9 Å². The molecule has 3 N–H and O–H groups in total. The van der Waals surface area contributed by atoms with E-state index in [0.29, 0.717) is 18.0 Å². The number of likely N-dealkylation sites (tertiary alicyclic amines) is 1. The Morgan fingerprint density at radius 2 is 2.17 bits per heavy atom. The third-order valence-corrected chi connectivity index (χ3v) is 5.82. The summed E-state index contributed by atoms with van der Waals surface area (Å²) in [5, 5.41) is 0. The lowest BCUT2D eigenvalue weighted by molar-refractivity contribution is 0.0999. The molecule has 1 aliphatic heterocycles. The monoisotopic (exact) mass is 339 g/mol. The van der Waals surface area contributed by atoms with Gasteiger partial charge in [-0.2, -0.15) is 0 Å². The Bertz CT molecular complexity index is 673. The first kappa shape index (κ1) is 17.9. The highest BCUT2D eigenvalue weighted by molar-refractivity contribution is 7.89. The van der Waals surface area contributed by atoms with Crippen molar-refractivity contribution in [2.24, 2.45) is 11.7 Å². The average molecular weight is 339 g/mol. The Hall–Kier alpha value is -1.44. The van der Waals surface area contributed by atoms with Crippen molar-refractivity contribution in [3.8, 4) is 0 Å². The van der Waals surface area contributed by atoms with Crippen molar-refractivity contribution in [3.05, 3.63) is 29.3 Å². The molecule has 1 aromatic carbocycles. The number of benzene rings is 1. The van der Waals surface area contributed by atoms with Gasteiger partial charge in [-0.25, -0.2) is 13.1 Å². The fourth-order valence-corrected chi connectivity index (χ4v) is 4.09. The highest BCUT2D eigenvalue weighted by atomic mass is 32.2. The molecule has 23 heavy (non-hydrogen) atoms. The minimum atomic E-state index is -3.63. The van der Waals surface area contributed by atoms with E-state index in [2.05, 4.69) is 16.5 Å². The predicted octanol–water partition coefficient (Wildman–Crippen LogP) is 1.10. The van der Waals surface area contributed by atoms with Gasteiger partial charge in [0.05, 0.1) is 4.90 Å². The lowest BCUT2D eigenvalue weighted by Gasteiger charge is -2.31. The third kappa shape index (κ3) is 4.53. The van der Waals surface area contributed by atoms with Gasteiger partial charge < -0.3 is 10.6 Å². The number of hydrogen-bond acceptors (Lipinski definition) is 4. The molecule has 1 saturated heterocycles. The summed E-state index contributed by atoms with van der Waals surface area (Å²) < 4.78 is 27.5. The highest BCUT2D eigenvalue weighted by Gasteiger charge is 2.22. The maximum absolute atomic E-state index is 12.4. The van der Waals surface area contributed by atoms with Crippen molar-refractivity contribution >= 4 is 15.9 Å². The van der Waals surface area contributed by atoms with Crippen LogP contribution in [0.4, 0.5) is 0 Å². The van der Waals surface area contributed by atoms with Gasteiger partial charge in [0.15, 0.2) is 0 Å². The van der Waals surface area contributed by atoms with Gasteiger partial charge in [0.25, 0.3) is 0 Å². The summed E-state index contributed by atoms with van der Waals surface area (Å²) in [6.07, 6.45) is 2.12. The summed E-state index contributed by atoms with van der Waals surface area (Å²) in [4.78, 5) is 13.8. The molecule has 7 heteroatoms. The summed E-state index contributed by atoms with van der Waals surface area (Å²) in [6.45, 7) is 7.25. The topological polar surface area (TPSA) is 92.5 Å². The standard InChI is InChI=1S/C16H25N3O3S/c1-3-19-8-4-5-13(11-19)10-18-23(21,22)14-7-6-12(2)15(9-14)16(17)20/h6-7,9,13,18H,3-5,8,10-11H2,1-2H3,(H2,17,20)/t13-/m0/s1. The molecule has 128 valence electrons. The predicted molar refractivity (Wildman–Crippen MR) is 89.7 cm³/mol. The Labute approximate surface area is 138 Å². The first-order valence-corrected chi connectivity index (χ1v) is 9.44. The summed E-state index contributed by atoms with van der Waals surface area (Å²) in [5.41, 5.74) is 6.20. The Morgan fingerprint density at radius 3 is 2.83 bits per heavy atom. The van der Waals surface area contributed by atoms with Crippen LogP contribution in [0.5, 0.6) is 0 Å². The molecule has 0 aromatic heterocycles. The number of aryl methyl sites for hydroxylation is 1. The molecule has 1 heterocycles. The number of nitrogens with one attached hydrogen (secondary N) is 1. The summed E-state index contributed by atoms with van der Waals surface area (Å²) >= 11 is 0. The van der Waals surface area contributed by atoms with Crippen molar-refractivity contribution < 1.29 is 13.2 Å². The smallest absolute Gasteiger partial charge is 0.249 e. The van der Waals surface area contributed by atoms with E-state index in [1.54, 1.807) is 13.0 Å². The average Bonchev–Trinajstić information content (AvgIpc) is 2.53. The van der Waals surface area contributed by atoms with E-state index in [4.69, 9.17) is 5.73 Å². The first-order valence-electron chi connectivity index (χ1n) is 7.96. The molecule has 1 fully saturated rings. The number of piperidine rings is 1. The van der Waals surface area contributed by atoms with Gasteiger partial charge in [0.2, 0.25) is 15.9 Å². The minimum Gasteiger partial charge on any atom is -0.366 e. The maximum atomic E-state index is 12.4. The van der Waals surface area contributed by atoms with Crippen LogP contribution in [0.3, 0.4) is 0 Å². The number of sulfonamides is 1. The Morgan fingerprint density at radius 1 is 1.43 bits per heavy atom. The quantitative estimate of drug-likeness (QED) is 0.812. The lowest BCUT2D eigenvalue weighted by Crippen LogP contribution is -2.40. The van der Waals surface area contributed by atoms with Crippen molar-refractivity contribution in [1.82, 2.24) is 9.62 Å². The highest BCUT2D eigenvalue weighted by Crippen LogP contribution is 2.18. The number of nitrogens with zero attached hydrogens (tertiary/aromatic N) is 1. The SMILES string of the molecule is CCN1CCC[C@@H](CNS(=O)(=O)c2ccc(C)c(C(N)=O)c2)C1. The summed E-state index contributed by atoms with van der Waals surface area (Å²) in [6, 6.07) is 4.45. The van der Waals surface area contributed by atoms with Gasteiger partial charge in [0, 0.05) is 18.7 Å².